The second kappa shape index (κ2) is 7.70. The normalized spacial score (nSPS) is 10.1. The molecule has 0 atom stereocenters. The molecule has 2 aromatic rings. The summed E-state index contributed by atoms with van der Waals surface area (Å²) >= 11 is 1.40. The molecule has 0 spiro atoms. The van der Waals surface area contributed by atoms with Crippen LogP contribution in [0.25, 0.3) is 0 Å². The molecule has 0 radical (unpaired) electrons. The van der Waals surface area contributed by atoms with Gasteiger partial charge in [-0.1, -0.05) is 0 Å². The van der Waals surface area contributed by atoms with E-state index in [1.165, 1.54) is 11.8 Å². The van der Waals surface area contributed by atoms with Crippen molar-refractivity contribution < 1.29 is 19.0 Å². The fourth-order valence-corrected chi connectivity index (χ4v) is 2.46. The molecule has 1 aromatic carbocycles. The second-order valence-corrected chi connectivity index (χ2v) is 5.11. The highest BCUT2D eigenvalue weighted by molar-refractivity contribution is 7.98. The predicted octanol–water partition coefficient (Wildman–Crippen LogP) is 3.18. The Morgan fingerprint density at radius 3 is 2.73 bits per heavy atom. The quantitative estimate of drug-likeness (QED) is 0.602. The zero-order valence-corrected chi connectivity index (χ0v) is 13.5. The molecule has 1 aromatic heterocycles. The fraction of sp³-hybridized carbons (Fsp3) is 0.250. The number of carbonyl (C=O) groups excluding carboxylic acids is 1. The third-order valence-electron chi connectivity index (χ3n) is 3.03. The van der Waals surface area contributed by atoms with E-state index in [0.717, 1.165) is 5.56 Å². The number of rotatable bonds is 6. The average Bonchev–Trinajstić information content (AvgIpc) is 2.59. The van der Waals surface area contributed by atoms with Crippen LogP contribution >= 0.6 is 11.8 Å². The molecule has 0 aliphatic carbocycles. The maximum Gasteiger partial charge on any atom is 0.341 e. The van der Waals surface area contributed by atoms with Gasteiger partial charge in [0.2, 0.25) is 0 Å². The van der Waals surface area contributed by atoms with Crippen molar-refractivity contribution in [2.45, 2.75) is 11.6 Å². The molecular weight excluding hydrogens is 302 g/mol. The lowest BCUT2D eigenvalue weighted by atomic mass is 10.2. The molecule has 0 amide bonds. The molecule has 0 saturated heterocycles. The van der Waals surface area contributed by atoms with E-state index in [0.29, 0.717) is 22.1 Å². The Bertz CT molecular complexity index is 660. The largest absolute Gasteiger partial charge is 0.497 e. The fourth-order valence-electron chi connectivity index (χ4n) is 1.92. The number of hydrogen-bond acceptors (Lipinski definition) is 6. The van der Waals surface area contributed by atoms with E-state index in [-0.39, 0.29) is 6.61 Å². The van der Waals surface area contributed by atoms with Crippen molar-refractivity contribution in [1.82, 2.24) is 4.98 Å². The highest BCUT2D eigenvalue weighted by Gasteiger charge is 2.14. The summed E-state index contributed by atoms with van der Waals surface area (Å²) in [5, 5.41) is 0.644. The number of ether oxygens (including phenoxy) is 3. The van der Waals surface area contributed by atoms with Crippen molar-refractivity contribution in [3.63, 3.8) is 0 Å². The number of pyridine rings is 1. The second-order valence-electron chi connectivity index (χ2n) is 4.31. The molecule has 0 aliphatic rings. The van der Waals surface area contributed by atoms with Crippen molar-refractivity contribution in [1.29, 1.82) is 0 Å². The molecule has 0 saturated carbocycles. The number of benzene rings is 1. The third kappa shape index (κ3) is 3.71. The molecule has 6 heteroatoms. The van der Waals surface area contributed by atoms with Gasteiger partial charge in [0, 0.05) is 11.8 Å². The molecule has 0 fully saturated rings. The first-order chi connectivity index (χ1) is 10.7. The lowest BCUT2D eigenvalue weighted by Crippen LogP contribution is -2.08. The minimum absolute atomic E-state index is 0.0991. The van der Waals surface area contributed by atoms with Gasteiger partial charge in [-0.05, 0) is 36.6 Å². The minimum atomic E-state index is -0.415. The Balaban J connectivity index is 2.14. The van der Waals surface area contributed by atoms with E-state index in [1.54, 1.807) is 50.7 Å². The van der Waals surface area contributed by atoms with Gasteiger partial charge in [0.25, 0.3) is 0 Å². The first-order valence-corrected chi connectivity index (χ1v) is 7.79. The van der Waals surface area contributed by atoms with E-state index in [9.17, 15) is 4.79 Å². The van der Waals surface area contributed by atoms with E-state index in [1.807, 2.05) is 6.26 Å². The van der Waals surface area contributed by atoms with Crippen molar-refractivity contribution in [3.05, 3.63) is 47.7 Å². The van der Waals surface area contributed by atoms with E-state index < -0.39 is 5.97 Å². The molecule has 0 N–H and O–H groups in total. The Morgan fingerprint density at radius 1 is 1.23 bits per heavy atom. The lowest BCUT2D eigenvalue weighted by Gasteiger charge is -2.11. The summed E-state index contributed by atoms with van der Waals surface area (Å²) in [5.74, 6) is 0.908. The lowest BCUT2D eigenvalue weighted by molar-refractivity contribution is 0.0465. The molecule has 0 aliphatic heterocycles. The standard InChI is InChI=1S/C16H17NO4S/c1-19-12-6-7-14(20-2)11(9-12)10-21-16(18)13-5-4-8-17-15(13)22-3/h4-9H,10H2,1-3H3. The van der Waals surface area contributed by atoms with Crippen LogP contribution in [0.1, 0.15) is 15.9 Å². The highest BCUT2D eigenvalue weighted by atomic mass is 32.2. The number of thioether (sulfide) groups is 1. The zero-order valence-electron chi connectivity index (χ0n) is 12.7. The molecule has 0 unspecified atom stereocenters. The van der Waals surface area contributed by atoms with Gasteiger partial charge in [0.15, 0.2) is 0 Å². The average molecular weight is 319 g/mol. The number of aromatic nitrogens is 1. The minimum Gasteiger partial charge on any atom is -0.497 e. The van der Waals surface area contributed by atoms with Crippen LogP contribution in [-0.4, -0.2) is 31.4 Å². The Kier molecular flexibility index (Phi) is 5.66. The smallest absolute Gasteiger partial charge is 0.341 e. The van der Waals surface area contributed by atoms with Gasteiger partial charge in [-0.3, -0.25) is 0 Å². The van der Waals surface area contributed by atoms with Gasteiger partial charge in [-0.25, -0.2) is 9.78 Å². The number of carbonyl (C=O) groups is 1. The first-order valence-electron chi connectivity index (χ1n) is 6.56. The SMILES string of the molecule is COc1ccc(OC)c(COC(=O)c2cccnc2SC)c1. The van der Waals surface area contributed by atoms with Gasteiger partial charge in [0.1, 0.15) is 23.1 Å². The summed E-state index contributed by atoms with van der Waals surface area (Å²) < 4.78 is 15.8. The zero-order chi connectivity index (χ0) is 15.9. The summed E-state index contributed by atoms with van der Waals surface area (Å²) in [5.41, 5.74) is 1.20. The van der Waals surface area contributed by atoms with Crippen LogP contribution in [0.5, 0.6) is 11.5 Å². The molecule has 1 heterocycles. The molecule has 22 heavy (non-hydrogen) atoms. The van der Waals surface area contributed by atoms with Gasteiger partial charge in [-0.2, -0.15) is 0 Å². The highest BCUT2D eigenvalue weighted by Crippen LogP contribution is 2.25. The summed E-state index contributed by atoms with van der Waals surface area (Å²) in [6, 6.07) is 8.76. The van der Waals surface area contributed by atoms with Gasteiger partial charge in [0.05, 0.1) is 19.8 Å². The Morgan fingerprint density at radius 2 is 2.05 bits per heavy atom. The van der Waals surface area contributed by atoms with Crippen LogP contribution in [0.2, 0.25) is 0 Å². The van der Waals surface area contributed by atoms with Crippen LogP contribution in [0.4, 0.5) is 0 Å². The van der Waals surface area contributed by atoms with Crippen molar-refractivity contribution in [3.8, 4) is 11.5 Å². The topological polar surface area (TPSA) is 57.7 Å². The summed E-state index contributed by atoms with van der Waals surface area (Å²) in [6.07, 6.45) is 3.51. The Hall–Kier alpha value is -2.21. The molecular formula is C16H17NO4S. The van der Waals surface area contributed by atoms with Gasteiger partial charge in [-0.15, -0.1) is 11.8 Å². The first kappa shape index (κ1) is 16.2. The van der Waals surface area contributed by atoms with Crippen molar-refractivity contribution in [2.24, 2.45) is 0 Å². The predicted molar refractivity (Wildman–Crippen MR) is 84.7 cm³/mol. The Labute approximate surface area is 133 Å². The maximum absolute atomic E-state index is 12.2. The van der Waals surface area contributed by atoms with Crippen molar-refractivity contribution in [2.75, 3.05) is 20.5 Å². The van der Waals surface area contributed by atoms with Crippen LogP contribution in [0.3, 0.4) is 0 Å². The van der Waals surface area contributed by atoms with Gasteiger partial charge >= 0.3 is 5.97 Å². The molecule has 0 bridgehead atoms. The van der Waals surface area contributed by atoms with E-state index in [2.05, 4.69) is 4.98 Å². The number of esters is 1. The van der Waals surface area contributed by atoms with E-state index >= 15 is 0 Å². The summed E-state index contributed by atoms with van der Waals surface area (Å²) in [7, 11) is 3.15. The monoisotopic (exact) mass is 319 g/mol. The summed E-state index contributed by atoms with van der Waals surface area (Å²) in [6.45, 7) is 0.0991. The van der Waals surface area contributed by atoms with E-state index in [4.69, 9.17) is 14.2 Å². The van der Waals surface area contributed by atoms with Crippen LogP contribution in [0.15, 0.2) is 41.6 Å². The van der Waals surface area contributed by atoms with Gasteiger partial charge < -0.3 is 14.2 Å². The maximum atomic E-state index is 12.2. The van der Waals surface area contributed by atoms with Crippen LogP contribution < -0.4 is 9.47 Å². The molecule has 5 nitrogen and oxygen atoms in total. The molecule has 116 valence electrons. The molecule has 2 rings (SSSR count). The third-order valence-corrected chi connectivity index (χ3v) is 3.74. The van der Waals surface area contributed by atoms with Crippen LogP contribution in [-0.2, 0) is 11.3 Å². The number of methoxy groups -OCH3 is 2. The van der Waals surface area contributed by atoms with Crippen LogP contribution in [0, 0.1) is 0 Å². The summed E-state index contributed by atoms with van der Waals surface area (Å²) in [4.78, 5) is 16.4. The number of hydrogen-bond donors (Lipinski definition) is 0. The van der Waals surface area contributed by atoms with Crippen molar-refractivity contribution >= 4 is 17.7 Å². The number of nitrogens with zero attached hydrogens (tertiary/aromatic N) is 1.